The van der Waals surface area contributed by atoms with E-state index in [1.165, 1.54) is 62.4 Å². The maximum Gasteiger partial charge on any atom is 0.308 e. The van der Waals surface area contributed by atoms with Crippen molar-refractivity contribution < 1.29 is 68.6 Å². The van der Waals surface area contributed by atoms with Crippen molar-refractivity contribution in [2.75, 3.05) is 0 Å². The highest BCUT2D eigenvalue weighted by Gasteiger charge is 2.25. The molecule has 11 nitrogen and oxygen atoms in total. The molecule has 0 aliphatic carbocycles. The van der Waals surface area contributed by atoms with E-state index >= 15 is 0 Å². The monoisotopic (exact) mass is 1240 g/mol. The third-order valence-corrected chi connectivity index (χ3v) is 12.2. The van der Waals surface area contributed by atoms with Gasteiger partial charge in [-0.25, -0.2) is 0 Å². The lowest BCUT2D eigenvalue weighted by atomic mass is 9.99. The average Bonchev–Trinajstić information content (AvgIpc) is 2.70. The van der Waals surface area contributed by atoms with Gasteiger partial charge in [0.25, 0.3) is 0 Å². The lowest BCUT2D eigenvalue weighted by Crippen LogP contribution is -2.06. The van der Waals surface area contributed by atoms with Gasteiger partial charge in [-0.2, -0.15) is 0 Å². The lowest BCUT2D eigenvalue weighted by Gasteiger charge is -2.09. The number of para-hydroxylation sites is 3. The number of hydrogen-bond acceptors (Lipinski definition) is 11. The first-order valence-corrected chi connectivity index (χ1v) is 24.4. The maximum absolute atomic E-state index is 13.3. The first kappa shape index (κ1) is 39.5. The number of phenols is 2. The number of ketones is 3. The molecule has 3 heterocycles. The molecule has 0 spiro atoms. The number of aromatic hydroxyl groups is 2. The molecule has 0 atom stereocenters. The molecule has 0 radical (unpaired) electrons. The van der Waals surface area contributed by atoms with E-state index in [9.17, 15) is 34.2 Å². The van der Waals surface area contributed by atoms with Crippen LogP contribution >= 0.6 is 75.3 Å². The number of aryl methyl sites for hydroxylation is 3. The van der Waals surface area contributed by atoms with Crippen LogP contribution in [0.2, 0.25) is 0 Å². The first-order chi connectivity index (χ1) is 38.9. The summed E-state index contributed by atoms with van der Waals surface area (Å²) in [7, 11) is 0. The van der Waals surface area contributed by atoms with Crippen LogP contribution in [-0.4, -0.2) is 38.8 Å². The Hall–Kier alpha value is -6.10. The molecule has 71 heavy (non-hydrogen) atoms. The summed E-state index contributed by atoms with van der Waals surface area (Å²) in [5, 5.41) is 19.0. The molecule has 9 rings (SSSR count). The van der Waals surface area contributed by atoms with Crippen molar-refractivity contribution in [3.8, 4) is 17.2 Å². The number of phenolic OH excluding ortho intramolecular Hbond substituents is 2. The summed E-state index contributed by atoms with van der Waals surface area (Å²) in [6, 6.07) is 7.17. The molecule has 0 unspecified atom stereocenters. The zero-order valence-electron chi connectivity index (χ0n) is 49.7. The van der Waals surface area contributed by atoms with Crippen molar-refractivity contribution in [2.45, 2.75) is 53.9 Å². The second kappa shape index (κ2) is 24.3. The Labute approximate surface area is 463 Å². The van der Waals surface area contributed by atoms with Crippen LogP contribution in [0.25, 0.3) is 32.9 Å². The number of esters is 1. The van der Waals surface area contributed by atoms with Crippen molar-refractivity contribution in [2.24, 2.45) is 0 Å². The molecule has 364 valence electrons. The minimum atomic E-state index is -0.518. The molecule has 0 aliphatic heterocycles. The zero-order valence-corrected chi connectivity index (χ0v) is 44.8. The van der Waals surface area contributed by atoms with Crippen LogP contribution in [-0.2, 0) is 28.9 Å². The predicted molar refractivity (Wildman–Crippen MR) is 288 cm³/mol. The fourth-order valence-corrected chi connectivity index (χ4v) is 9.28. The van der Waals surface area contributed by atoms with Gasteiger partial charge in [0.05, 0.1) is 51.0 Å². The summed E-state index contributed by atoms with van der Waals surface area (Å²) in [5.74, 6) is -0.762. The van der Waals surface area contributed by atoms with Crippen LogP contribution in [0.3, 0.4) is 0 Å². The highest BCUT2D eigenvalue weighted by molar-refractivity contribution is 9.11. The second-order valence-corrected chi connectivity index (χ2v) is 18.5. The highest BCUT2D eigenvalue weighted by atomic mass is 79.9. The minimum Gasteiger partial charge on any atom is -0.508 e. The van der Waals surface area contributed by atoms with Gasteiger partial charge in [-0.05, 0) is 142 Å². The van der Waals surface area contributed by atoms with E-state index in [0.717, 1.165) is 0 Å². The molecule has 6 aromatic carbocycles. The van der Waals surface area contributed by atoms with Crippen LogP contribution in [0.15, 0.2) is 152 Å². The number of rotatable bonds is 10. The van der Waals surface area contributed by atoms with Gasteiger partial charge in [0.2, 0.25) is 5.24 Å². The van der Waals surface area contributed by atoms with Gasteiger partial charge < -0.3 is 28.2 Å². The van der Waals surface area contributed by atoms with E-state index in [1.807, 2.05) is 0 Å². The van der Waals surface area contributed by atoms with Gasteiger partial charge >= 0.3 is 5.97 Å². The largest absolute Gasteiger partial charge is 0.508 e. The van der Waals surface area contributed by atoms with Gasteiger partial charge in [-0.15, -0.1) is 0 Å². The van der Waals surface area contributed by atoms with Crippen molar-refractivity contribution in [1.29, 1.82) is 0 Å². The van der Waals surface area contributed by atoms with Crippen molar-refractivity contribution in [1.82, 2.24) is 0 Å². The normalized spacial score (nSPS) is 13.0. The van der Waals surface area contributed by atoms with Gasteiger partial charge in [0.15, 0.2) is 23.1 Å². The van der Waals surface area contributed by atoms with Crippen LogP contribution < -0.4 is 4.74 Å². The van der Waals surface area contributed by atoms with Crippen LogP contribution in [0.5, 0.6) is 17.2 Å². The molecule has 9 aromatic rings. The smallest absolute Gasteiger partial charge is 0.308 e. The third-order valence-electron chi connectivity index (χ3n) is 9.78. The van der Waals surface area contributed by atoms with E-state index in [-0.39, 0.29) is 131 Å². The van der Waals surface area contributed by atoms with Gasteiger partial charge in [-0.1, -0.05) is 75.2 Å². The summed E-state index contributed by atoms with van der Waals surface area (Å²) in [6.45, 7) is 7.87. The van der Waals surface area contributed by atoms with Crippen LogP contribution in [0.1, 0.15) is 116 Å². The molecule has 0 aliphatic rings. The molecule has 0 fully saturated rings. The van der Waals surface area contributed by atoms with Gasteiger partial charge in [-0.3, -0.25) is 24.0 Å². The second-order valence-electron chi connectivity index (χ2n) is 14.5. The first-order valence-electron chi connectivity index (χ1n) is 26.9. The average molecular weight is 1250 g/mol. The lowest BCUT2D eigenvalue weighted by molar-refractivity contribution is -0.132. The predicted octanol–water partition coefficient (Wildman–Crippen LogP) is 15.8. The SMILES string of the molecule is CC(=O)Cl.[2H]c1c([2H])c([2H])c2c(C(=O)c3cc(Br)c(O)c(Br)c3)c(CC)oc2c1[2H].[2H]c1c([2H])c([2H])c2c(C(=O)c3cc(Br)c(OC(C)=O)c(Br)c3)c(CC)oc2c1[2H].[2H]c1c([2H])c([2H])c2c(C(=O)c3ccc(O)cc3)c(CC)oc2c1[2H]. The Balaban J connectivity index is 0.000000194. The van der Waals surface area contributed by atoms with E-state index in [0.29, 0.717) is 48.5 Å². The highest BCUT2D eigenvalue weighted by Crippen LogP contribution is 2.38. The van der Waals surface area contributed by atoms with Crippen molar-refractivity contribution >= 4 is 137 Å². The summed E-state index contributed by atoms with van der Waals surface area (Å²) in [4.78, 5) is 59.8. The molecule has 0 saturated carbocycles. The molecule has 2 N–H and O–H groups in total. The Kier molecular flexibility index (Phi) is 13.5. The number of halogens is 5. The molecular weight excluding hydrogens is 1190 g/mol. The third kappa shape index (κ3) is 12.7. The topological polar surface area (TPSA) is 174 Å². The Morgan fingerprint density at radius 2 is 0.845 bits per heavy atom. The fourth-order valence-electron chi connectivity index (χ4n) is 6.74. The van der Waals surface area contributed by atoms with E-state index < -0.39 is 59.6 Å². The fraction of sp³-hybridized carbons (Fsp3) is 0.145. The standard InChI is InChI=1S/C19H14Br2O4.C17H12Br2O3.C17H14O3.C2H3ClO/c1-3-15-17(12-6-4-5-7-16(12)25-15)18(23)11-8-13(20)19(14(21)9-11)24-10(2)22;1-2-13-15(10-5-3-4-6-14(10)22-13)16(20)9-7-11(18)17(21)12(19)8-9;1-2-14-16(13-5-3-4-6-15(13)20-14)17(19)11-7-9-12(18)10-8-11;1-2(3)4/h4-9H,3H2,1-2H3;3-8,21H,2H2,1H3;3-10,18H,2H2,1H3;1H3/i4D,5D,6D,7D;2*3D,4D,5D,6D;. The number of carbonyl (C=O) groups excluding carboxylic acids is 5. The summed E-state index contributed by atoms with van der Waals surface area (Å²) in [6.07, 6.45) is 1.03. The van der Waals surface area contributed by atoms with E-state index in [2.05, 4.69) is 75.3 Å². The maximum atomic E-state index is 13.3. The molecular formula is C55H43Br4ClO11. The number of benzene rings is 6. The summed E-state index contributed by atoms with van der Waals surface area (Å²) in [5.41, 5.74) is 1.02. The number of carbonyl (C=O) groups is 5. The Morgan fingerprint density at radius 1 is 0.535 bits per heavy atom. The molecule has 0 saturated heterocycles. The van der Waals surface area contributed by atoms with E-state index in [4.69, 9.17) is 34.4 Å². The van der Waals surface area contributed by atoms with Crippen LogP contribution in [0, 0.1) is 0 Å². The summed E-state index contributed by atoms with van der Waals surface area (Å²) < 4.78 is 119. The molecule has 16 heteroatoms. The molecule has 0 bridgehead atoms. The molecule has 0 amide bonds. The summed E-state index contributed by atoms with van der Waals surface area (Å²) >= 11 is 17.6. The Morgan fingerprint density at radius 3 is 1.17 bits per heavy atom. The zero-order chi connectivity index (χ0) is 62.1. The quantitative estimate of drug-likeness (QED) is 0.0577. The van der Waals surface area contributed by atoms with Crippen molar-refractivity contribution in [3.05, 3.63) is 190 Å². The number of furan rings is 3. The van der Waals surface area contributed by atoms with Gasteiger partial charge in [0, 0.05) is 66.0 Å². The Bertz CT molecular complexity index is 4110. The number of ether oxygens (including phenoxy) is 1. The van der Waals surface area contributed by atoms with E-state index in [1.54, 1.807) is 20.8 Å². The van der Waals surface area contributed by atoms with Gasteiger partial charge in [0.1, 0.15) is 45.5 Å². The van der Waals surface area contributed by atoms with Crippen LogP contribution in [0.4, 0.5) is 0 Å². The number of fused-ring (bicyclic) bond motifs is 3. The molecule has 3 aromatic heterocycles. The minimum absolute atomic E-state index is 0.0139. The number of hydrogen-bond donors (Lipinski definition) is 2. The van der Waals surface area contributed by atoms with Crippen molar-refractivity contribution in [3.63, 3.8) is 0 Å².